The van der Waals surface area contributed by atoms with Crippen molar-refractivity contribution in [3.63, 3.8) is 0 Å². The maximum Gasteiger partial charge on any atom is 0.261 e. The average molecular weight is 529 g/mol. The van der Waals surface area contributed by atoms with Gasteiger partial charge in [0, 0.05) is 41.8 Å². The minimum Gasteiger partial charge on any atom is -0.351 e. The average Bonchev–Trinajstić information content (AvgIpc) is 3.06. The lowest BCUT2D eigenvalue weighted by Gasteiger charge is -2.18. The molecule has 1 aliphatic heterocycles. The van der Waals surface area contributed by atoms with Crippen LogP contribution in [-0.2, 0) is 4.79 Å². The van der Waals surface area contributed by atoms with Crippen LogP contribution in [0.15, 0.2) is 46.9 Å². The van der Waals surface area contributed by atoms with Gasteiger partial charge in [-0.1, -0.05) is 29.8 Å². The van der Waals surface area contributed by atoms with Crippen LogP contribution in [0.25, 0.3) is 0 Å². The first-order valence-electron chi connectivity index (χ1n) is 11.4. The molecule has 34 heavy (non-hydrogen) atoms. The third-order valence-electron chi connectivity index (χ3n) is 5.76. The Morgan fingerprint density at radius 1 is 0.971 bits per heavy atom. The highest BCUT2D eigenvalue weighted by Gasteiger charge is 2.35. The zero-order valence-corrected chi connectivity index (χ0v) is 21.0. The molecule has 4 amide bonds. The number of anilines is 1. The molecular formula is C25H29BrN4O4. The summed E-state index contributed by atoms with van der Waals surface area (Å²) in [6.07, 6.45) is 0.510. The van der Waals surface area contributed by atoms with E-state index < -0.39 is 0 Å². The third kappa shape index (κ3) is 6.30. The van der Waals surface area contributed by atoms with E-state index in [0.29, 0.717) is 35.3 Å². The SMILES string of the molecule is CCN(CC)CCNC(=O)c1ccc(NC(=O)CCCN2C(=O)c3ccc(Br)cc3C2=O)cc1. The molecule has 0 saturated carbocycles. The van der Waals surface area contributed by atoms with Crippen LogP contribution in [0.1, 0.15) is 57.8 Å². The topological polar surface area (TPSA) is 98.8 Å². The minimum absolute atomic E-state index is 0.155. The van der Waals surface area contributed by atoms with Crippen molar-refractivity contribution in [2.24, 2.45) is 0 Å². The molecule has 0 atom stereocenters. The number of likely N-dealkylation sites (N-methyl/N-ethyl adjacent to an activating group) is 1. The van der Waals surface area contributed by atoms with Gasteiger partial charge in [0.1, 0.15) is 0 Å². The molecule has 0 radical (unpaired) electrons. The fourth-order valence-corrected chi connectivity index (χ4v) is 4.12. The number of hydrogen-bond donors (Lipinski definition) is 2. The number of fused-ring (bicyclic) bond motifs is 1. The van der Waals surface area contributed by atoms with Crippen LogP contribution in [0, 0.1) is 0 Å². The molecule has 2 aromatic carbocycles. The van der Waals surface area contributed by atoms with Gasteiger partial charge in [0.15, 0.2) is 0 Å². The molecule has 0 aliphatic carbocycles. The van der Waals surface area contributed by atoms with E-state index in [2.05, 4.69) is 45.3 Å². The number of nitrogens with one attached hydrogen (secondary N) is 2. The van der Waals surface area contributed by atoms with Crippen molar-refractivity contribution >= 4 is 45.2 Å². The summed E-state index contributed by atoms with van der Waals surface area (Å²) >= 11 is 3.31. The van der Waals surface area contributed by atoms with E-state index in [9.17, 15) is 19.2 Å². The second-order valence-electron chi connectivity index (χ2n) is 7.96. The Balaban J connectivity index is 1.43. The van der Waals surface area contributed by atoms with E-state index >= 15 is 0 Å². The predicted octanol–water partition coefficient (Wildman–Crippen LogP) is 3.54. The summed E-state index contributed by atoms with van der Waals surface area (Å²) in [5.41, 5.74) is 1.86. The first-order valence-corrected chi connectivity index (χ1v) is 12.2. The summed E-state index contributed by atoms with van der Waals surface area (Å²) in [7, 11) is 0. The Kier molecular flexibility index (Phi) is 8.95. The van der Waals surface area contributed by atoms with Gasteiger partial charge in [0.2, 0.25) is 5.91 Å². The van der Waals surface area contributed by atoms with Gasteiger partial charge in [-0.25, -0.2) is 0 Å². The van der Waals surface area contributed by atoms with Crippen LogP contribution in [0.2, 0.25) is 0 Å². The molecule has 3 rings (SSSR count). The zero-order chi connectivity index (χ0) is 24.7. The van der Waals surface area contributed by atoms with E-state index in [1.54, 1.807) is 42.5 Å². The lowest BCUT2D eigenvalue weighted by Crippen LogP contribution is -2.34. The summed E-state index contributed by atoms with van der Waals surface area (Å²) in [5.74, 6) is -1.06. The molecule has 0 saturated heterocycles. The Morgan fingerprint density at radius 2 is 1.65 bits per heavy atom. The highest BCUT2D eigenvalue weighted by atomic mass is 79.9. The number of carbonyl (C=O) groups is 4. The van der Waals surface area contributed by atoms with Gasteiger partial charge in [0.25, 0.3) is 17.7 Å². The molecule has 1 heterocycles. The van der Waals surface area contributed by atoms with Gasteiger partial charge in [-0.2, -0.15) is 0 Å². The lowest BCUT2D eigenvalue weighted by atomic mass is 10.1. The second kappa shape index (κ2) is 11.9. The number of amides is 4. The van der Waals surface area contributed by atoms with Crippen molar-refractivity contribution in [1.82, 2.24) is 15.1 Å². The molecule has 0 spiro atoms. The maximum atomic E-state index is 12.5. The molecule has 2 N–H and O–H groups in total. The van der Waals surface area contributed by atoms with E-state index in [1.165, 1.54) is 4.90 Å². The van der Waals surface area contributed by atoms with E-state index in [1.807, 2.05) is 0 Å². The number of carbonyl (C=O) groups excluding carboxylic acids is 4. The minimum atomic E-state index is -0.340. The quantitative estimate of drug-likeness (QED) is 0.434. The van der Waals surface area contributed by atoms with Crippen molar-refractivity contribution in [3.05, 3.63) is 63.6 Å². The van der Waals surface area contributed by atoms with Crippen LogP contribution in [0.3, 0.4) is 0 Å². The van der Waals surface area contributed by atoms with E-state index in [-0.39, 0.29) is 36.6 Å². The molecule has 2 aromatic rings. The molecule has 0 fully saturated rings. The number of rotatable bonds is 11. The summed E-state index contributed by atoms with van der Waals surface area (Å²) in [6.45, 7) is 7.59. The predicted molar refractivity (Wildman–Crippen MR) is 134 cm³/mol. The van der Waals surface area contributed by atoms with E-state index in [4.69, 9.17) is 0 Å². The summed E-state index contributed by atoms with van der Waals surface area (Å²) in [6, 6.07) is 11.7. The van der Waals surface area contributed by atoms with Crippen molar-refractivity contribution in [2.45, 2.75) is 26.7 Å². The molecule has 1 aliphatic rings. The first-order chi connectivity index (χ1) is 16.3. The number of hydrogen-bond acceptors (Lipinski definition) is 5. The number of nitrogens with zero attached hydrogens (tertiary/aromatic N) is 2. The van der Waals surface area contributed by atoms with Gasteiger partial charge < -0.3 is 15.5 Å². The van der Waals surface area contributed by atoms with Gasteiger partial charge in [-0.3, -0.25) is 24.1 Å². The van der Waals surface area contributed by atoms with Gasteiger partial charge in [0.05, 0.1) is 11.1 Å². The van der Waals surface area contributed by atoms with Crippen LogP contribution >= 0.6 is 15.9 Å². The van der Waals surface area contributed by atoms with Crippen molar-refractivity contribution < 1.29 is 19.2 Å². The molecule has 0 aromatic heterocycles. The van der Waals surface area contributed by atoms with Crippen molar-refractivity contribution in [1.29, 1.82) is 0 Å². The van der Waals surface area contributed by atoms with Crippen molar-refractivity contribution in [2.75, 3.05) is 38.0 Å². The van der Waals surface area contributed by atoms with Gasteiger partial charge in [-0.15, -0.1) is 0 Å². The van der Waals surface area contributed by atoms with Crippen LogP contribution < -0.4 is 10.6 Å². The highest BCUT2D eigenvalue weighted by Crippen LogP contribution is 2.26. The summed E-state index contributed by atoms with van der Waals surface area (Å²) < 4.78 is 0.733. The van der Waals surface area contributed by atoms with Crippen LogP contribution in [0.4, 0.5) is 5.69 Å². The zero-order valence-electron chi connectivity index (χ0n) is 19.4. The van der Waals surface area contributed by atoms with Crippen molar-refractivity contribution in [3.8, 4) is 0 Å². The molecular weight excluding hydrogens is 500 g/mol. The van der Waals surface area contributed by atoms with Gasteiger partial charge >= 0.3 is 0 Å². The van der Waals surface area contributed by atoms with Crippen LogP contribution in [-0.4, -0.2) is 66.2 Å². The normalized spacial score (nSPS) is 12.8. The second-order valence-corrected chi connectivity index (χ2v) is 8.88. The monoisotopic (exact) mass is 528 g/mol. The number of imide groups is 1. The van der Waals surface area contributed by atoms with E-state index in [0.717, 1.165) is 24.1 Å². The summed E-state index contributed by atoms with van der Waals surface area (Å²) in [5, 5.41) is 5.68. The fraction of sp³-hybridized carbons (Fsp3) is 0.360. The highest BCUT2D eigenvalue weighted by molar-refractivity contribution is 9.10. The third-order valence-corrected chi connectivity index (χ3v) is 6.25. The molecule has 8 nitrogen and oxygen atoms in total. The largest absolute Gasteiger partial charge is 0.351 e. The standard InChI is InChI=1S/C25H29BrN4O4/c1-3-29(4-2)15-13-27-23(32)17-7-10-19(11-8-17)28-22(31)6-5-14-30-24(33)20-12-9-18(26)16-21(20)25(30)34/h7-12,16H,3-6,13-15H2,1-2H3,(H,27,32)(H,28,31). The Bertz CT molecular complexity index is 1070. The Morgan fingerprint density at radius 3 is 2.32 bits per heavy atom. The Hall–Kier alpha value is -3.04. The molecule has 0 unspecified atom stereocenters. The number of benzene rings is 2. The fourth-order valence-electron chi connectivity index (χ4n) is 3.76. The molecule has 180 valence electrons. The summed E-state index contributed by atoms with van der Waals surface area (Å²) in [4.78, 5) is 52.9. The molecule has 0 bridgehead atoms. The lowest BCUT2D eigenvalue weighted by molar-refractivity contribution is -0.116. The van der Waals surface area contributed by atoms with Crippen LogP contribution in [0.5, 0.6) is 0 Å². The maximum absolute atomic E-state index is 12.5. The molecule has 9 heteroatoms. The Labute approximate surface area is 207 Å². The number of halogens is 1. The smallest absolute Gasteiger partial charge is 0.261 e. The first kappa shape index (κ1) is 25.6. The van der Waals surface area contributed by atoms with Gasteiger partial charge in [-0.05, 0) is 62.0 Å².